The molecule has 0 bridgehead atoms. The molecule has 0 saturated carbocycles. The van der Waals surface area contributed by atoms with Crippen molar-refractivity contribution in [2.45, 2.75) is 0 Å². The number of fused-ring (bicyclic) bond motifs is 1. The van der Waals surface area contributed by atoms with Gasteiger partial charge in [-0.1, -0.05) is 12.1 Å². The molecule has 0 radical (unpaired) electrons. The van der Waals surface area contributed by atoms with Crippen molar-refractivity contribution in [3.8, 4) is 21.0 Å². The summed E-state index contributed by atoms with van der Waals surface area (Å²) in [4.78, 5) is 15.3. The van der Waals surface area contributed by atoms with Crippen molar-refractivity contribution in [2.75, 3.05) is 5.73 Å². The van der Waals surface area contributed by atoms with E-state index in [1.165, 1.54) is 6.33 Å². The highest BCUT2D eigenvalue weighted by Gasteiger charge is 2.14. The fourth-order valence-electron chi connectivity index (χ4n) is 2.23. The third-order valence-corrected chi connectivity index (χ3v) is 4.98. The van der Waals surface area contributed by atoms with Crippen LogP contribution in [0.25, 0.3) is 32.0 Å². The Morgan fingerprint density at radius 1 is 0.952 bits per heavy atom. The molecule has 4 aromatic rings. The number of nitrogens with two attached hydrogens (primary N) is 1. The number of rotatable bonds is 2. The standard InChI is InChI=1S/C15H10N4S2/c16-14-10-7-9(11-3-1-5-20-11)13(12-4-2-6-21-12)19-15(10)18-8-17-14/h1-8H,(H2,16,17,18,19). The molecule has 6 heteroatoms. The maximum absolute atomic E-state index is 5.96. The maximum atomic E-state index is 5.96. The van der Waals surface area contributed by atoms with Gasteiger partial charge in [-0.05, 0) is 29.0 Å². The van der Waals surface area contributed by atoms with Crippen LogP contribution in [-0.4, -0.2) is 15.0 Å². The summed E-state index contributed by atoms with van der Waals surface area (Å²) in [7, 11) is 0. The average Bonchev–Trinajstić information content (AvgIpc) is 3.20. The first kappa shape index (κ1) is 12.4. The highest BCUT2D eigenvalue weighted by atomic mass is 32.1. The van der Waals surface area contributed by atoms with E-state index < -0.39 is 0 Å². The Labute approximate surface area is 129 Å². The van der Waals surface area contributed by atoms with Crippen molar-refractivity contribution in [3.63, 3.8) is 0 Å². The van der Waals surface area contributed by atoms with Gasteiger partial charge in [0.25, 0.3) is 0 Å². The SMILES string of the molecule is Nc1ncnc2nc(-c3cccs3)c(-c3cccs3)cc12. The van der Waals surface area contributed by atoms with E-state index in [1.807, 2.05) is 23.6 Å². The van der Waals surface area contributed by atoms with Crippen LogP contribution in [-0.2, 0) is 0 Å². The molecule has 4 heterocycles. The van der Waals surface area contributed by atoms with Gasteiger partial charge in [-0.25, -0.2) is 15.0 Å². The molecule has 0 spiro atoms. The van der Waals surface area contributed by atoms with Crippen molar-refractivity contribution < 1.29 is 0 Å². The summed E-state index contributed by atoms with van der Waals surface area (Å²) in [5.74, 6) is 0.461. The van der Waals surface area contributed by atoms with Crippen LogP contribution < -0.4 is 5.73 Å². The van der Waals surface area contributed by atoms with E-state index in [4.69, 9.17) is 10.7 Å². The number of hydrogen-bond donors (Lipinski definition) is 1. The van der Waals surface area contributed by atoms with Crippen LogP contribution in [0.5, 0.6) is 0 Å². The van der Waals surface area contributed by atoms with Gasteiger partial charge in [0.15, 0.2) is 5.65 Å². The third-order valence-electron chi connectivity index (χ3n) is 3.20. The lowest BCUT2D eigenvalue weighted by Crippen LogP contribution is -1.97. The molecule has 4 rings (SSSR count). The second-order valence-electron chi connectivity index (χ2n) is 4.47. The summed E-state index contributed by atoms with van der Waals surface area (Å²) in [6.45, 7) is 0. The van der Waals surface area contributed by atoms with Crippen molar-refractivity contribution in [1.29, 1.82) is 0 Å². The number of hydrogen-bond acceptors (Lipinski definition) is 6. The zero-order chi connectivity index (χ0) is 14.2. The van der Waals surface area contributed by atoms with Gasteiger partial charge < -0.3 is 5.73 Å². The number of anilines is 1. The van der Waals surface area contributed by atoms with Gasteiger partial charge in [-0.15, -0.1) is 22.7 Å². The van der Waals surface area contributed by atoms with Crippen molar-refractivity contribution in [3.05, 3.63) is 47.4 Å². The second-order valence-corrected chi connectivity index (χ2v) is 6.36. The maximum Gasteiger partial charge on any atom is 0.165 e. The zero-order valence-corrected chi connectivity index (χ0v) is 12.5. The minimum Gasteiger partial charge on any atom is -0.383 e. The van der Waals surface area contributed by atoms with E-state index >= 15 is 0 Å². The molecule has 0 aliphatic rings. The predicted octanol–water partition coefficient (Wildman–Crippen LogP) is 4.06. The minimum atomic E-state index is 0.461. The Hall–Kier alpha value is -2.31. The normalized spacial score (nSPS) is 11.0. The number of aromatic nitrogens is 3. The summed E-state index contributed by atoms with van der Waals surface area (Å²) < 4.78 is 0. The molecule has 4 nitrogen and oxygen atoms in total. The van der Waals surface area contributed by atoms with Crippen molar-refractivity contribution in [2.24, 2.45) is 0 Å². The summed E-state index contributed by atoms with van der Waals surface area (Å²) in [6.07, 6.45) is 1.45. The van der Waals surface area contributed by atoms with E-state index in [1.54, 1.807) is 22.7 Å². The van der Waals surface area contributed by atoms with Gasteiger partial charge in [-0.3, -0.25) is 0 Å². The molecule has 0 aliphatic carbocycles. The van der Waals surface area contributed by atoms with Crippen LogP contribution in [0, 0.1) is 0 Å². The highest BCUT2D eigenvalue weighted by molar-refractivity contribution is 7.14. The molecule has 0 fully saturated rings. The van der Waals surface area contributed by atoms with E-state index in [-0.39, 0.29) is 0 Å². The van der Waals surface area contributed by atoms with Crippen molar-refractivity contribution in [1.82, 2.24) is 15.0 Å². The van der Waals surface area contributed by atoms with E-state index in [0.717, 1.165) is 26.4 Å². The van der Waals surface area contributed by atoms with Crippen LogP contribution in [0.1, 0.15) is 0 Å². The molecule has 0 amide bonds. The fraction of sp³-hybridized carbons (Fsp3) is 0. The van der Waals surface area contributed by atoms with Crippen LogP contribution in [0.4, 0.5) is 5.82 Å². The van der Waals surface area contributed by atoms with Gasteiger partial charge in [0.2, 0.25) is 0 Å². The number of nitrogens with zero attached hydrogens (tertiary/aromatic N) is 3. The molecule has 21 heavy (non-hydrogen) atoms. The summed E-state index contributed by atoms with van der Waals surface area (Å²) in [5.41, 5.74) is 8.61. The van der Waals surface area contributed by atoms with Crippen LogP contribution >= 0.6 is 22.7 Å². The Kier molecular flexibility index (Phi) is 2.90. The average molecular weight is 310 g/mol. The summed E-state index contributed by atoms with van der Waals surface area (Å²) >= 11 is 3.35. The van der Waals surface area contributed by atoms with Crippen molar-refractivity contribution >= 4 is 39.5 Å². The summed E-state index contributed by atoms with van der Waals surface area (Å²) in [5, 5.41) is 4.90. The first-order chi connectivity index (χ1) is 10.3. The first-order valence-electron chi connectivity index (χ1n) is 6.32. The molecule has 0 aromatic carbocycles. The molecule has 102 valence electrons. The number of nitrogen functional groups attached to an aromatic ring is 1. The first-order valence-corrected chi connectivity index (χ1v) is 8.08. The van der Waals surface area contributed by atoms with Crippen LogP contribution in [0.3, 0.4) is 0 Å². The van der Waals surface area contributed by atoms with E-state index in [2.05, 4.69) is 27.5 Å². The highest BCUT2D eigenvalue weighted by Crippen LogP contribution is 2.37. The van der Waals surface area contributed by atoms with Crippen LogP contribution in [0.2, 0.25) is 0 Å². The van der Waals surface area contributed by atoms with E-state index in [9.17, 15) is 0 Å². The largest absolute Gasteiger partial charge is 0.383 e. The van der Waals surface area contributed by atoms with Gasteiger partial charge in [0.05, 0.1) is 16.0 Å². The molecule has 0 atom stereocenters. The Bertz CT molecular complexity index is 899. The predicted molar refractivity (Wildman–Crippen MR) is 88.4 cm³/mol. The third kappa shape index (κ3) is 2.09. The Morgan fingerprint density at radius 3 is 2.43 bits per heavy atom. The lowest BCUT2D eigenvalue weighted by Gasteiger charge is -2.08. The molecular weight excluding hydrogens is 300 g/mol. The number of thiophene rings is 2. The molecule has 2 N–H and O–H groups in total. The Balaban J connectivity index is 2.08. The van der Waals surface area contributed by atoms with Gasteiger partial charge in [0.1, 0.15) is 12.1 Å². The molecule has 4 aromatic heterocycles. The van der Waals surface area contributed by atoms with Crippen LogP contribution in [0.15, 0.2) is 47.4 Å². The molecule has 0 unspecified atom stereocenters. The summed E-state index contributed by atoms with van der Waals surface area (Å²) in [6, 6.07) is 10.3. The second kappa shape index (κ2) is 4.91. The molecular formula is C15H10N4S2. The monoisotopic (exact) mass is 310 g/mol. The van der Waals surface area contributed by atoms with Gasteiger partial charge in [0, 0.05) is 10.4 Å². The smallest absolute Gasteiger partial charge is 0.165 e. The van der Waals surface area contributed by atoms with E-state index in [0.29, 0.717) is 11.5 Å². The minimum absolute atomic E-state index is 0.461. The van der Waals surface area contributed by atoms with Gasteiger partial charge in [-0.2, -0.15) is 0 Å². The Morgan fingerprint density at radius 2 is 1.71 bits per heavy atom. The van der Waals surface area contributed by atoms with Gasteiger partial charge >= 0.3 is 0 Å². The molecule has 0 aliphatic heterocycles. The lowest BCUT2D eigenvalue weighted by atomic mass is 10.1. The zero-order valence-electron chi connectivity index (χ0n) is 10.9. The topological polar surface area (TPSA) is 64.7 Å². The molecule has 0 saturated heterocycles. The quantitative estimate of drug-likeness (QED) is 0.606. The lowest BCUT2D eigenvalue weighted by molar-refractivity contribution is 1.19. The fourth-order valence-corrected chi connectivity index (χ4v) is 3.70. The number of pyridine rings is 1.